The van der Waals surface area contributed by atoms with Crippen LogP contribution in [0.15, 0.2) is 53.3 Å². The second-order valence-corrected chi connectivity index (χ2v) is 8.92. The van der Waals surface area contributed by atoms with E-state index in [0.717, 1.165) is 29.9 Å². The minimum absolute atomic E-state index is 0.0180. The third-order valence-corrected chi connectivity index (χ3v) is 6.38. The van der Waals surface area contributed by atoms with Crippen molar-refractivity contribution in [1.82, 2.24) is 14.8 Å². The van der Waals surface area contributed by atoms with Crippen molar-refractivity contribution in [3.05, 3.63) is 77.0 Å². The van der Waals surface area contributed by atoms with Crippen molar-refractivity contribution >= 4 is 11.8 Å². The highest BCUT2D eigenvalue weighted by atomic mass is 16.3. The van der Waals surface area contributed by atoms with Crippen LogP contribution in [-0.2, 0) is 0 Å². The van der Waals surface area contributed by atoms with Crippen LogP contribution in [0.3, 0.4) is 0 Å². The molecule has 1 aromatic carbocycles. The predicted octanol–water partition coefficient (Wildman–Crippen LogP) is 4.85. The maximum Gasteiger partial charge on any atom is 0.257 e. The topological polar surface area (TPSA) is 67.5 Å². The van der Waals surface area contributed by atoms with E-state index in [2.05, 4.69) is 48.0 Å². The van der Waals surface area contributed by atoms with Gasteiger partial charge in [0, 0.05) is 36.2 Å². The van der Waals surface area contributed by atoms with E-state index in [0.29, 0.717) is 30.1 Å². The Hall–Kier alpha value is -3.28. The zero-order valence-corrected chi connectivity index (χ0v) is 19.2. The molecule has 3 aromatic rings. The van der Waals surface area contributed by atoms with Gasteiger partial charge in [0.2, 0.25) is 0 Å². The number of aromatic nitrogens is 1. The molecule has 1 aliphatic rings. The summed E-state index contributed by atoms with van der Waals surface area (Å²) in [4.78, 5) is 27.3. The highest BCUT2D eigenvalue weighted by Crippen LogP contribution is 2.24. The van der Waals surface area contributed by atoms with Crippen LogP contribution in [0.5, 0.6) is 0 Å². The first-order valence-electron chi connectivity index (χ1n) is 11.3. The molecule has 0 spiro atoms. The van der Waals surface area contributed by atoms with Crippen LogP contribution in [0.2, 0.25) is 0 Å². The van der Waals surface area contributed by atoms with Gasteiger partial charge >= 0.3 is 0 Å². The van der Waals surface area contributed by atoms with E-state index in [1.807, 2.05) is 24.8 Å². The molecule has 0 aliphatic carbocycles. The number of rotatable bonds is 5. The summed E-state index contributed by atoms with van der Waals surface area (Å²) in [5.74, 6) is 0.414. The molecule has 0 unspecified atom stereocenters. The molecule has 0 atom stereocenters. The molecule has 6 nitrogen and oxygen atoms in total. The molecule has 1 aliphatic heterocycles. The smallest absolute Gasteiger partial charge is 0.257 e. The summed E-state index contributed by atoms with van der Waals surface area (Å²) in [7, 11) is 0. The van der Waals surface area contributed by atoms with Crippen molar-refractivity contribution in [1.29, 1.82) is 0 Å². The summed E-state index contributed by atoms with van der Waals surface area (Å²) in [6, 6.07) is 12.2. The van der Waals surface area contributed by atoms with Crippen LogP contribution in [-0.4, -0.2) is 40.4 Å². The van der Waals surface area contributed by atoms with Gasteiger partial charge in [-0.15, -0.1) is 0 Å². The Morgan fingerprint density at radius 1 is 1.06 bits per heavy atom. The lowest BCUT2D eigenvalue weighted by Gasteiger charge is -2.32. The molecule has 1 fully saturated rings. The van der Waals surface area contributed by atoms with E-state index >= 15 is 0 Å². The Balaban J connectivity index is 1.41. The Morgan fingerprint density at radius 2 is 1.75 bits per heavy atom. The third kappa shape index (κ3) is 4.35. The fraction of sp³-hybridized carbons (Fsp3) is 0.385. The van der Waals surface area contributed by atoms with Crippen molar-refractivity contribution in [3.63, 3.8) is 0 Å². The maximum atomic E-state index is 13.1. The quantitative estimate of drug-likeness (QED) is 0.626. The molecule has 0 bridgehead atoms. The van der Waals surface area contributed by atoms with Crippen LogP contribution < -0.4 is 5.32 Å². The van der Waals surface area contributed by atoms with Crippen LogP contribution in [0.25, 0.3) is 5.69 Å². The second kappa shape index (κ2) is 9.07. The number of furan rings is 1. The number of hydrogen-bond donors (Lipinski definition) is 1. The van der Waals surface area contributed by atoms with Crippen molar-refractivity contribution in [3.8, 4) is 5.69 Å². The van der Waals surface area contributed by atoms with Crippen molar-refractivity contribution < 1.29 is 14.0 Å². The highest BCUT2D eigenvalue weighted by Gasteiger charge is 2.26. The molecular weight excluding hydrogens is 402 g/mol. The zero-order chi connectivity index (χ0) is 22.8. The zero-order valence-electron chi connectivity index (χ0n) is 19.2. The highest BCUT2D eigenvalue weighted by molar-refractivity contribution is 5.96. The van der Waals surface area contributed by atoms with Crippen LogP contribution in [0.4, 0.5) is 0 Å². The van der Waals surface area contributed by atoms with Gasteiger partial charge in [0.1, 0.15) is 6.26 Å². The number of likely N-dealkylation sites (tertiary alicyclic amines) is 1. The fourth-order valence-electron chi connectivity index (χ4n) is 4.46. The van der Waals surface area contributed by atoms with Gasteiger partial charge < -0.3 is 19.2 Å². The number of carbonyl (C=O) groups is 2. The molecule has 168 valence electrons. The monoisotopic (exact) mass is 433 g/mol. The van der Waals surface area contributed by atoms with Gasteiger partial charge in [-0.1, -0.05) is 26.0 Å². The third-order valence-electron chi connectivity index (χ3n) is 6.38. The van der Waals surface area contributed by atoms with Gasteiger partial charge in [-0.25, -0.2) is 0 Å². The summed E-state index contributed by atoms with van der Waals surface area (Å²) in [6.07, 6.45) is 4.47. The minimum Gasteiger partial charge on any atom is -0.472 e. The number of carbonyl (C=O) groups excluding carboxylic acids is 2. The summed E-state index contributed by atoms with van der Waals surface area (Å²) in [6.45, 7) is 9.62. The lowest BCUT2D eigenvalue weighted by Crippen LogP contribution is -2.46. The number of aryl methyl sites for hydroxylation is 1. The predicted molar refractivity (Wildman–Crippen MR) is 124 cm³/mol. The largest absolute Gasteiger partial charge is 0.472 e. The van der Waals surface area contributed by atoms with E-state index in [4.69, 9.17) is 4.42 Å². The number of nitrogens with one attached hydrogen (secondary N) is 1. The molecule has 32 heavy (non-hydrogen) atoms. The molecule has 0 saturated carbocycles. The lowest BCUT2D eigenvalue weighted by molar-refractivity contribution is 0.0697. The van der Waals surface area contributed by atoms with E-state index in [9.17, 15) is 9.59 Å². The minimum atomic E-state index is -0.0530. The van der Waals surface area contributed by atoms with E-state index in [-0.39, 0.29) is 17.9 Å². The van der Waals surface area contributed by atoms with Gasteiger partial charge in [-0.05, 0) is 62.4 Å². The Bertz CT molecular complexity index is 1090. The SMILES string of the molecule is Cc1cc(C(=O)NC2CCN(C(=O)c3ccoc3)CC2)c(C)n1-c1ccc(C(C)C)cc1. The molecule has 6 heteroatoms. The van der Waals surface area contributed by atoms with Gasteiger partial charge in [0.15, 0.2) is 0 Å². The molecule has 0 radical (unpaired) electrons. The number of benzene rings is 1. The van der Waals surface area contributed by atoms with Crippen LogP contribution in [0, 0.1) is 13.8 Å². The van der Waals surface area contributed by atoms with Gasteiger partial charge in [-0.3, -0.25) is 9.59 Å². The molecule has 3 heterocycles. The van der Waals surface area contributed by atoms with Crippen molar-refractivity contribution in [2.45, 2.75) is 52.5 Å². The van der Waals surface area contributed by atoms with Crippen molar-refractivity contribution in [2.75, 3.05) is 13.1 Å². The molecular formula is C26H31N3O3. The summed E-state index contributed by atoms with van der Waals surface area (Å²) < 4.78 is 7.14. The van der Waals surface area contributed by atoms with Crippen molar-refractivity contribution in [2.24, 2.45) is 0 Å². The molecule has 2 amide bonds. The summed E-state index contributed by atoms with van der Waals surface area (Å²) in [5.41, 5.74) is 5.60. The van der Waals surface area contributed by atoms with E-state index in [1.54, 1.807) is 6.07 Å². The first-order valence-corrected chi connectivity index (χ1v) is 11.3. The maximum absolute atomic E-state index is 13.1. The second-order valence-electron chi connectivity index (χ2n) is 8.92. The lowest BCUT2D eigenvalue weighted by atomic mass is 10.0. The number of amides is 2. The standard InChI is InChI=1S/C26H31N3O3/c1-17(2)20-5-7-23(8-6-20)29-18(3)15-24(19(29)4)25(30)27-22-9-12-28(13-10-22)26(31)21-11-14-32-16-21/h5-8,11,14-17,22H,9-10,12-13H2,1-4H3,(H,27,30). The molecule has 1 saturated heterocycles. The number of nitrogens with zero attached hydrogens (tertiary/aromatic N) is 2. The Kier molecular flexibility index (Phi) is 6.21. The Labute approximate surface area is 189 Å². The van der Waals surface area contributed by atoms with Gasteiger partial charge in [0.25, 0.3) is 11.8 Å². The fourth-order valence-corrected chi connectivity index (χ4v) is 4.46. The van der Waals surface area contributed by atoms with Crippen LogP contribution in [0.1, 0.15) is 70.3 Å². The Morgan fingerprint density at radius 3 is 2.34 bits per heavy atom. The number of piperidine rings is 1. The molecule has 4 rings (SSSR count). The first kappa shape index (κ1) is 21.9. The van der Waals surface area contributed by atoms with E-state index in [1.165, 1.54) is 18.1 Å². The first-order chi connectivity index (χ1) is 15.3. The normalized spacial score (nSPS) is 14.7. The number of hydrogen-bond acceptors (Lipinski definition) is 3. The van der Waals surface area contributed by atoms with E-state index < -0.39 is 0 Å². The van der Waals surface area contributed by atoms with Gasteiger partial charge in [-0.2, -0.15) is 0 Å². The average molecular weight is 434 g/mol. The average Bonchev–Trinajstić information content (AvgIpc) is 3.42. The molecule has 2 aromatic heterocycles. The van der Waals surface area contributed by atoms with Crippen LogP contribution >= 0.6 is 0 Å². The summed E-state index contributed by atoms with van der Waals surface area (Å²) in [5, 5.41) is 3.18. The molecule has 1 N–H and O–H groups in total. The van der Waals surface area contributed by atoms with Gasteiger partial charge in [0.05, 0.1) is 17.4 Å². The summed E-state index contributed by atoms with van der Waals surface area (Å²) >= 11 is 0.